The van der Waals surface area contributed by atoms with E-state index in [1.807, 2.05) is 0 Å². The number of hydrogen-bond donors (Lipinski definition) is 3. The van der Waals surface area contributed by atoms with E-state index in [0.29, 0.717) is 5.88 Å². The first kappa shape index (κ1) is 15.3. The molecule has 1 aromatic rings. The zero-order chi connectivity index (χ0) is 15.0. The van der Waals surface area contributed by atoms with E-state index in [1.165, 1.54) is 7.11 Å². The number of aromatic nitrogens is 1. The van der Waals surface area contributed by atoms with Crippen LogP contribution in [0.2, 0.25) is 0 Å². The fourth-order valence-corrected chi connectivity index (χ4v) is 1.38. The minimum Gasteiger partial charge on any atom is -0.481 e. The van der Waals surface area contributed by atoms with Gasteiger partial charge in [-0.1, -0.05) is 0 Å². The Hall–Kier alpha value is -2.75. The van der Waals surface area contributed by atoms with E-state index in [0.717, 1.165) is 5.56 Å². The van der Waals surface area contributed by atoms with Gasteiger partial charge in [-0.2, -0.15) is 0 Å². The van der Waals surface area contributed by atoms with Crippen molar-refractivity contribution in [3.05, 3.63) is 23.9 Å². The molecule has 1 rings (SSSR count). The van der Waals surface area contributed by atoms with E-state index in [2.05, 4.69) is 21.5 Å². The van der Waals surface area contributed by atoms with Gasteiger partial charge >= 0.3 is 12.0 Å². The van der Waals surface area contributed by atoms with E-state index in [9.17, 15) is 9.59 Å². The molecule has 7 nitrogen and oxygen atoms in total. The lowest BCUT2D eigenvalue weighted by molar-refractivity contribution is -0.139. The number of amides is 2. The Morgan fingerprint density at radius 1 is 1.60 bits per heavy atom. The number of nitrogens with one attached hydrogen (secondary N) is 2. The number of carbonyl (C=O) groups is 2. The first-order valence-electron chi connectivity index (χ1n) is 5.76. The van der Waals surface area contributed by atoms with Crippen LogP contribution in [-0.4, -0.2) is 35.2 Å². The van der Waals surface area contributed by atoms with Crippen LogP contribution in [0, 0.1) is 12.3 Å². The number of nitrogens with zero attached hydrogens (tertiary/aromatic N) is 1. The van der Waals surface area contributed by atoms with Crippen molar-refractivity contribution in [3.63, 3.8) is 0 Å². The number of carboxylic acid groups (broad SMARTS) is 1. The third-order valence-electron chi connectivity index (χ3n) is 2.39. The van der Waals surface area contributed by atoms with Gasteiger partial charge in [-0.25, -0.2) is 14.6 Å². The summed E-state index contributed by atoms with van der Waals surface area (Å²) in [6.45, 7) is 0.215. The summed E-state index contributed by atoms with van der Waals surface area (Å²) < 4.78 is 4.95. The predicted octanol–water partition coefficient (Wildman–Crippen LogP) is 0.366. The molecule has 2 amide bonds. The summed E-state index contributed by atoms with van der Waals surface area (Å²) in [6.07, 6.45) is 6.50. The number of carboxylic acids is 1. The SMILES string of the molecule is C#CCC(NC(=O)NCc1ccnc(OC)c1)C(=O)O. The van der Waals surface area contributed by atoms with Gasteiger partial charge in [0.05, 0.1) is 7.11 Å². The first-order valence-corrected chi connectivity index (χ1v) is 5.76. The van der Waals surface area contributed by atoms with Crippen LogP contribution in [0.25, 0.3) is 0 Å². The summed E-state index contributed by atoms with van der Waals surface area (Å²) in [5.41, 5.74) is 0.774. The average molecular weight is 277 g/mol. The second-order valence-corrected chi connectivity index (χ2v) is 3.83. The van der Waals surface area contributed by atoms with Gasteiger partial charge in [0.25, 0.3) is 0 Å². The molecule has 1 unspecified atom stereocenters. The molecule has 0 aliphatic rings. The van der Waals surface area contributed by atoms with Crippen LogP contribution >= 0.6 is 0 Å². The molecule has 0 saturated carbocycles. The Kier molecular flexibility index (Phi) is 5.84. The second-order valence-electron chi connectivity index (χ2n) is 3.83. The number of carbonyl (C=O) groups excluding carboxylic acids is 1. The average Bonchev–Trinajstić information content (AvgIpc) is 2.44. The summed E-state index contributed by atoms with van der Waals surface area (Å²) in [4.78, 5) is 26.3. The van der Waals surface area contributed by atoms with Crippen LogP contribution in [0.15, 0.2) is 18.3 Å². The van der Waals surface area contributed by atoms with Crippen LogP contribution in [0.1, 0.15) is 12.0 Å². The van der Waals surface area contributed by atoms with Crippen molar-refractivity contribution in [2.75, 3.05) is 7.11 Å². The topological polar surface area (TPSA) is 101 Å². The Bertz CT molecular complexity index is 525. The number of pyridine rings is 1. The highest BCUT2D eigenvalue weighted by Gasteiger charge is 2.18. The van der Waals surface area contributed by atoms with E-state index in [-0.39, 0.29) is 13.0 Å². The highest BCUT2D eigenvalue weighted by Crippen LogP contribution is 2.07. The largest absolute Gasteiger partial charge is 0.481 e. The van der Waals surface area contributed by atoms with Crippen molar-refractivity contribution in [1.29, 1.82) is 0 Å². The molecule has 1 heterocycles. The zero-order valence-electron chi connectivity index (χ0n) is 10.9. The molecule has 0 aromatic carbocycles. The number of urea groups is 1. The number of hydrogen-bond acceptors (Lipinski definition) is 4. The second kappa shape index (κ2) is 7.63. The van der Waals surface area contributed by atoms with Crippen molar-refractivity contribution >= 4 is 12.0 Å². The Balaban J connectivity index is 2.50. The molecule has 7 heteroatoms. The van der Waals surface area contributed by atoms with Gasteiger partial charge in [-0.05, 0) is 11.6 Å². The predicted molar refractivity (Wildman–Crippen MR) is 71.0 cm³/mol. The first-order chi connectivity index (χ1) is 9.56. The van der Waals surface area contributed by atoms with E-state index in [1.54, 1.807) is 18.3 Å². The molecule has 0 spiro atoms. The van der Waals surface area contributed by atoms with Gasteiger partial charge in [0, 0.05) is 25.2 Å². The van der Waals surface area contributed by atoms with E-state index >= 15 is 0 Å². The Morgan fingerprint density at radius 3 is 2.95 bits per heavy atom. The lowest BCUT2D eigenvalue weighted by Gasteiger charge is -2.13. The standard InChI is InChI=1S/C13H15N3O4/c1-3-4-10(12(17)18)16-13(19)15-8-9-5-6-14-11(7-9)20-2/h1,5-7,10H,4,8H2,2H3,(H,17,18)(H2,15,16,19). The minimum absolute atomic E-state index is 0.0775. The van der Waals surface area contributed by atoms with Gasteiger partial charge in [0.2, 0.25) is 5.88 Å². The lowest BCUT2D eigenvalue weighted by Crippen LogP contribution is -2.45. The molecule has 1 aromatic heterocycles. The van der Waals surface area contributed by atoms with Gasteiger partial charge < -0.3 is 20.5 Å². The number of methoxy groups -OCH3 is 1. The van der Waals surface area contributed by atoms with E-state index in [4.69, 9.17) is 16.3 Å². The van der Waals surface area contributed by atoms with Crippen LogP contribution in [0.4, 0.5) is 4.79 Å². The summed E-state index contributed by atoms with van der Waals surface area (Å²) in [5.74, 6) is 1.45. The van der Waals surface area contributed by atoms with Crippen molar-refractivity contribution in [2.45, 2.75) is 19.0 Å². The van der Waals surface area contributed by atoms with E-state index < -0.39 is 18.0 Å². The summed E-state index contributed by atoms with van der Waals surface area (Å²) in [5, 5.41) is 13.6. The van der Waals surface area contributed by atoms with Crippen LogP contribution in [-0.2, 0) is 11.3 Å². The molecule has 0 bridgehead atoms. The van der Waals surface area contributed by atoms with Gasteiger partial charge in [0.1, 0.15) is 6.04 Å². The number of terminal acetylenes is 1. The summed E-state index contributed by atoms with van der Waals surface area (Å²) in [7, 11) is 1.49. The molecule has 0 aliphatic carbocycles. The lowest BCUT2D eigenvalue weighted by atomic mass is 10.2. The molecule has 3 N–H and O–H groups in total. The van der Waals surface area contributed by atoms with Crippen LogP contribution in [0.5, 0.6) is 5.88 Å². The molecule has 0 aliphatic heterocycles. The highest BCUT2D eigenvalue weighted by molar-refractivity contribution is 5.82. The summed E-state index contributed by atoms with van der Waals surface area (Å²) >= 11 is 0. The molecule has 0 fully saturated rings. The number of aliphatic carboxylic acids is 1. The van der Waals surface area contributed by atoms with Gasteiger partial charge in [-0.15, -0.1) is 12.3 Å². The molecule has 0 radical (unpaired) electrons. The van der Waals surface area contributed by atoms with Crippen molar-refractivity contribution < 1.29 is 19.4 Å². The van der Waals surface area contributed by atoms with Gasteiger partial charge in [0.15, 0.2) is 0 Å². The maximum absolute atomic E-state index is 11.6. The molecule has 106 valence electrons. The zero-order valence-corrected chi connectivity index (χ0v) is 10.9. The van der Waals surface area contributed by atoms with Crippen molar-refractivity contribution in [3.8, 4) is 18.2 Å². The molecule has 1 atom stereocenters. The van der Waals surface area contributed by atoms with Crippen LogP contribution in [0.3, 0.4) is 0 Å². The van der Waals surface area contributed by atoms with Gasteiger partial charge in [-0.3, -0.25) is 0 Å². The Labute approximate surface area is 116 Å². The summed E-state index contributed by atoms with van der Waals surface area (Å²) in [6, 6.07) is 1.66. The number of rotatable bonds is 6. The normalized spacial score (nSPS) is 11.0. The third kappa shape index (κ3) is 4.86. The highest BCUT2D eigenvalue weighted by atomic mass is 16.5. The molecular weight excluding hydrogens is 262 g/mol. The molecular formula is C13H15N3O4. The van der Waals surface area contributed by atoms with Crippen LogP contribution < -0.4 is 15.4 Å². The number of ether oxygens (including phenoxy) is 1. The van der Waals surface area contributed by atoms with Crippen molar-refractivity contribution in [2.24, 2.45) is 0 Å². The maximum Gasteiger partial charge on any atom is 0.327 e. The maximum atomic E-state index is 11.6. The quantitative estimate of drug-likeness (QED) is 0.652. The fraction of sp³-hybridized carbons (Fsp3) is 0.308. The monoisotopic (exact) mass is 277 g/mol. The molecule has 20 heavy (non-hydrogen) atoms. The smallest absolute Gasteiger partial charge is 0.327 e. The van der Waals surface area contributed by atoms with Crippen molar-refractivity contribution in [1.82, 2.24) is 15.6 Å². The Morgan fingerprint density at radius 2 is 2.35 bits per heavy atom. The fourth-order valence-electron chi connectivity index (χ4n) is 1.38. The third-order valence-corrected chi connectivity index (χ3v) is 2.39. The minimum atomic E-state index is -1.18. The molecule has 0 saturated heterocycles.